The van der Waals surface area contributed by atoms with E-state index in [1.54, 1.807) is 13.2 Å². The van der Waals surface area contributed by atoms with Crippen molar-refractivity contribution in [2.75, 3.05) is 12.8 Å². The Morgan fingerprint density at radius 3 is 2.26 bits per heavy atom. The number of ether oxygens (including phenoxy) is 4. The van der Waals surface area contributed by atoms with Crippen molar-refractivity contribution in [1.82, 2.24) is 9.55 Å². The number of carbonyl (C=O) groups is 1. The van der Waals surface area contributed by atoms with Gasteiger partial charge >= 0.3 is 5.97 Å². The van der Waals surface area contributed by atoms with E-state index in [2.05, 4.69) is 0 Å². The summed E-state index contributed by atoms with van der Waals surface area (Å²) >= 11 is 0. The molecule has 0 bridgehead atoms. The van der Waals surface area contributed by atoms with Crippen LogP contribution in [0.25, 0.3) is 11.0 Å². The van der Waals surface area contributed by atoms with Crippen LogP contribution in [0.3, 0.4) is 0 Å². The van der Waals surface area contributed by atoms with Crippen molar-refractivity contribution in [3.05, 3.63) is 101 Å². The molecule has 1 aromatic heterocycles. The van der Waals surface area contributed by atoms with Gasteiger partial charge in [0.2, 0.25) is 0 Å². The van der Waals surface area contributed by atoms with E-state index in [1.807, 2.05) is 92.2 Å². The molecule has 4 aromatic carbocycles. The average Bonchev–Trinajstić information content (AvgIpc) is 3.31. The number of anilines is 1. The number of carboxylic acids is 1. The monoisotopic (exact) mass is 581 g/mol. The molecule has 222 valence electrons. The fraction of sp³-hybridized carbons (Fsp3) is 0.235. The van der Waals surface area contributed by atoms with E-state index in [9.17, 15) is 9.90 Å². The summed E-state index contributed by atoms with van der Waals surface area (Å²) in [5, 5.41) is 9.20. The first kappa shape index (κ1) is 29.3. The first-order chi connectivity index (χ1) is 20.7. The zero-order valence-corrected chi connectivity index (χ0v) is 24.7. The zero-order chi connectivity index (χ0) is 30.5. The van der Waals surface area contributed by atoms with Gasteiger partial charge in [-0.3, -0.25) is 4.79 Å². The number of nitrogen functional groups attached to an aromatic ring is 1. The van der Waals surface area contributed by atoms with E-state index in [-0.39, 0.29) is 13.0 Å². The van der Waals surface area contributed by atoms with Gasteiger partial charge in [0.1, 0.15) is 47.8 Å². The number of rotatable bonds is 12. The number of hydrogen-bond acceptors (Lipinski definition) is 7. The fourth-order valence-electron chi connectivity index (χ4n) is 4.78. The lowest BCUT2D eigenvalue weighted by Gasteiger charge is -2.14. The molecule has 0 aliphatic carbocycles. The predicted octanol–water partition coefficient (Wildman–Crippen LogP) is 6.75. The molecule has 0 saturated heterocycles. The summed E-state index contributed by atoms with van der Waals surface area (Å²) in [4.78, 5) is 16.0. The van der Waals surface area contributed by atoms with Gasteiger partial charge in [-0.2, -0.15) is 0 Å². The summed E-state index contributed by atoms with van der Waals surface area (Å²) in [5.41, 5.74) is 12.3. The molecule has 5 rings (SSSR count). The number of nitrogens with zero attached hydrogens (tertiary/aromatic N) is 2. The molecule has 0 fully saturated rings. The van der Waals surface area contributed by atoms with E-state index in [0.29, 0.717) is 30.3 Å². The van der Waals surface area contributed by atoms with Crippen molar-refractivity contribution in [1.29, 1.82) is 0 Å². The van der Waals surface area contributed by atoms with Gasteiger partial charge < -0.3 is 34.4 Å². The lowest BCUT2D eigenvalue weighted by atomic mass is 10.1. The molecule has 0 aliphatic heterocycles. The number of nitrogens with two attached hydrogens (primary N) is 1. The second kappa shape index (κ2) is 12.8. The molecule has 0 atom stereocenters. The van der Waals surface area contributed by atoms with Gasteiger partial charge in [-0.05, 0) is 85.0 Å². The lowest BCUT2D eigenvalue weighted by Crippen LogP contribution is -2.05. The van der Waals surface area contributed by atoms with Crippen molar-refractivity contribution < 1.29 is 28.8 Å². The molecule has 3 N–H and O–H groups in total. The minimum Gasteiger partial charge on any atom is -0.497 e. The van der Waals surface area contributed by atoms with Gasteiger partial charge in [0.15, 0.2) is 0 Å². The minimum absolute atomic E-state index is 0.00219. The highest BCUT2D eigenvalue weighted by Gasteiger charge is 2.13. The fourth-order valence-corrected chi connectivity index (χ4v) is 4.78. The van der Waals surface area contributed by atoms with Gasteiger partial charge in [0, 0.05) is 31.3 Å². The van der Waals surface area contributed by atoms with Crippen LogP contribution in [0, 0.1) is 13.8 Å². The minimum atomic E-state index is -0.865. The molecular formula is C34H35N3O6. The maximum Gasteiger partial charge on any atom is 0.303 e. The molecule has 9 nitrogen and oxygen atoms in total. The average molecular weight is 582 g/mol. The number of fused-ring (bicyclic) bond motifs is 1. The molecule has 9 heteroatoms. The van der Waals surface area contributed by atoms with Gasteiger partial charge in [-0.25, -0.2) is 4.98 Å². The number of aliphatic carboxylic acids is 1. The van der Waals surface area contributed by atoms with E-state index in [4.69, 9.17) is 29.7 Å². The summed E-state index contributed by atoms with van der Waals surface area (Å²) in [6.07, 6.45) is 0.348. The van der Waals surface area contributed by atoms with E-state index < -0.39 is 5.97 Å². The third-order valence-electron chi connectivity index (χ3n) is 7.32. The van der Waals surface area contributed by atoms with Crippen molar-refractivity contribution >= 4 is 22.7 Å². The predicted molar refractivity (Wildman–Crippen MR) is 165 cm³/mol. The van der Waals surface area contributed by atoms with Crippen LogP contribution in [0.1, 0.15) is 34.5 Å². The second-order valence-corrected chi connectivity index (χ2v) is 10.4. The topological polar surface area (TPSA) is 118 Å². The van der Waals surface area contributed by atoms with Gasteiger partial charge in [-0.15, -0.1) is 0 Å². The van der Waals surface area contributed by atoms with Crippen molar-refractivity contribution in [3.63, 3.8) is 0 Å². The largest absolute Gasteiger partial charge is 0.497 e. The van der Waals surface area contributed by atoms with Crippen LogP contribution in [-0.2, 0) is 31.5 Å². The molecule has 0 radical (unpaired) electrons. The Kier molecular flexibility index (Phi) is 8.71. The number of methoxy groups -OCH3 is 1. The van der Waals surface area contributed by atoms with Gasteiger partial charge in [0.25, 0.3) is 0 Å². The Labute approximate surface area is 250 Å². The van der Waals surface area contributed by atoms with Crippen molar-refractivity contribution in [2.24, 2.45) is 7.05 Å². The molecule has 1 heterocycles. The van der Waals surface area contributed by atoms with Crippen molar-refractivity contribution in [2.45, 2.75) is 39.9 Å². The molecule has 0 aliphatic rings. The van der Waals surface area contributed by atoms with Crippen LogP contribution in [0.4, 0.5) is 5.69 Å². The Bertz CT molecular complexity index is 1740. The van der Waals surface area contributed by atoms with Crippen LogP contribution in [0.5, 0.6) is 28.7 Å². The molecule has 0 spiro atoms. The van der Waals surface area contributed by atoms with Gasteiger partial charge in [0.05, 0.1) is 18.1 Å². The number of carboxylic acid groups (broad SMARTS) is 1. The lowest BCUT2D eigenvalue weighted by molar-refractivity contribution is -0.136. The SMILES string of the molecule is COc1ccc(COc2cc(OCc3nc4ccc(Oc5cc(C)c(N)c(C)c5)cc4n3C)ccc2CCC(=O)O)cc1. The molecular weight excluding hydrogens is 546 g/mol. The second-order valence-electron chi connectivity index (χ2n) is 10.4. The number of hydrogen-bond donors (Lipinski definition) is 2. The highest BCUT2D eigenvalue weighted by atomic mass is 16.5. The van der Waals surface area contributed by atoms with E-state index >= 15 is 0 Å². The first-order valence-corrected chi connectivity index (χ1v) is 13.9. The number of aromatic nitrogens is 2. The molecule has 43 heavy (non-hydrogen) atoms. The first-order valence-electron chi connectivity index (χ1n) is 13.9. The van der Waals surface area contributed by atoms with Crippen LogP contribution in [0.15, 0.2) is 72.8 Å². The summed E-state index contributed by atoms with van der Waals surface area (Å²) in [7, 11) is 3.56. The summed E-state index contributed by atoms with van der Waals surface area (Å²) in [5.74, 6) is 3.23. The summed E-state index contributed by atoms with van der Waals surface area (Å²) < 4.78 is 25.6. The Hall–Kier alpha value is -5.18. The Morgan fingerprint density at radius 1 is 0.860 bits per heavy atom. The standard InChI is InChI=1S/C34H35N3O6/c1-21-15-28(16-22(2)34(21)35)43-27-12-13-29-30(17-27)37(3)32(36-29)20-41-26-11-7-24(8-14-33(38)39)31(18-26)42-19-23-5-9-25(40-4)10-6-23/h5-7,9-13,15-18H,8,14,19-20,35H2,1-4H3,(H,38,39). The Morgan fingerprint density at radius 2 is 1.56 bits per heavy atom. The third-order valence-corrected chi connectivity index (χ3v) is 7.32. The number of benzene rings is 4. The van der Waals surface area contributed by atoms with Crippen LogP contribution in [0.2, 0.25) is 0 Å². The summed E-state index contributed by atoms with van der Waals surface area (Å²) in [6, 6.07) is 22.7. The number of aryl methyl sites for hydroxylation is 4. The quantitative estimate of drug-likeness (QED) is 0.155. The van der Waals surface area contributed by atoms with Crippen LogP contribution >= 0.6 is 0 Å². The zero-order valence-electron chi connectivity index (χ0n) is 24.7. The highest BCUT2D eigenvalue weighted by molar-refractivity contribution is 5.78. The summed E-state index contributed by atoms with van der Waals surface area (Å²) in [6.45, 7) is 4.47. The smallest absolute Gasteiger partial charge is 0.303 e. The molecule has 0 saturated carbocycles. The van der Waals surface area contributed by atoms with Gasteiger partial charge in [-0.1, -0.05) is 18.2 Å². The Balaban J connectivity index is 1.31. The molecule has 0 amide bonds. The maximum absolute atomic E-state index is 11.2. The highest BCUT2D eigenvalue weighted by Crippen LogP contribution is 2.31. The molecule has 0 unspecified atom stereocenters. The van der Waals surface area contributed by atoms with Crippen LogP contribution in [-0.4, -0.2) is 27.7 Å². The number of imidazole rings is 1. The maximum atomic E-state index is 11.2. The van der Waals surface area contributed by atoms with Crippen LogP contribution < -0.4 is 24.7 Å². The molecule has 5 aromatic rings. The van der Waals surface area contributed by atoms with E-state index in [1.165, 1.54) is 0 Å². The normalized spacial score (nSPS) is 11.0. The van der Waals surface area contributed by atoms with E-state index in [0.717, 1.165) is 56.3 Å². The van der Waals surface area contributed by atoms with Crippen molar-refractivity contribution in [3.8, 4) is 28.7 Å². The third kappa shape index (κ3) is 7.01.